The lowest BCUT2D eigenvalue weighted by Crippen LogP contribution is -2.37. The van der Waals surface area contributed by atoms with Gasteiger partial charge in [0.05, 0.1) is 0 Å². The van der Waals surface area contributed by atoms with Crippen LogP contribution in [0.5, 0.6) is 0 Å². The Morgan fingerprint density at radius 3 is 2.71 bits per heavy atom. The van der Waals surface area contributed by atoms with E-state index in [1.54, 1.807) is 7.05 Å². The van der Waals surface area contributed by atoms with Gasteiger partial charge >= 0.3 is 0 Å². The van der Waals surface area contributed by atoms with E-state index in [1.165, 1.54) is 11.1 Å². The maximum Gasteiger partial charge on any atom is 0.191 e. The lowest BCUT2D eigenvalue weighted by Gasteiger charge is -2.15. The predicted octanol–water partition coefficient (Wildman–Crippen LogP) is 2.17. The minimum Gasteiger partial charge on any atom is -0.356 e. The molecule has 1 aromatic carbocycles. The highest BCUT2D eigenvalue weighted by Gasteiger charge is 2.01. The molecular formula is C16H28N4S. The van der Waals surface area contributed by atoms with Crippen molar-refractivity contribution in [3.63, 3.8) is 0 Å². The fourth-order valence-electron chi connectivity index (χ4n) is 1.94. The summed E-state index contributed by atoms with van der Waals surface area (Å²) < 4.78 is 0. The molecule has 0 aromatic heterocycles. The number of nitrogens with one attached hydrogen (secondary N) is 2. The van der Waals surface area contributed by atoms with Gasteiger partial charge in [0, 0.05) is 32.4 Å². The molecule has 2 N–H and O–H groups in total. The summed E-state index contributed by atoms with van der Waals surface area (Å²) in [6.45, 7) is 5.96. The van der Waals surface area contributed by atoms with E-state index in [4.69, 9.17) is 0 Å². The summed E-state index contributed by atoms with van der Waals surface area (Å²) >= 11 is 1.83. The molecule has 118 valence electrons. The summed E-state index contributed by atoms with van der Waals surface area (Å²) in [4.78, 5) is 6.54. The van der Waals surface area contributed by atoms with E-state index in [0.717, 1.165) is 37.9 Å². The molecule has 0 amide bonds. The van der Waals surface area contributed by atoms with Crippen LogP contribution >= 0.6 is 11.8 Å². The minimum atomic E-state index is 0.794. The third-order valence-corrected chi connectivity index (χ3v) is 3.88. The maximum absolute atomic E-state index is 4.24. The first kappa shape index (κ1) is 17.9. The van der Waals surface area contributed by atoms with E-state index >= 15 is 0 Å². The number of nitrogens with zero attached hydrogens (tertiary/aromatic N) is 2. The average molecular weight is 308 g/mol. The summed E-state index contributed by atoms with van der Waals surface area (Å²) in [5.74, 6) is 1.94. The molecule has 0 aliphatic rings. The summed E-state index contributed by atoms with van der Waals surface area (Å²) in [7, 11) is 3.95. The molecule has 0 aliphatic carbocycles. The van der Waals surface area contributed by atoms with E-state index in [-0.39, 0.29) is 0 Å². The molecular weight excluding hydrogens is 280 g/mol. The van der Waals surface area contributed by atoms with E-state index in [9.17, 15) is 0 Å². The first-order valence-corrected chi connectivity index (χ1v) is 8.78. The van der Waals surface area contributed by atoms with Gasteiger partial charge in [0.25, 0.3) is 0 Å². The van der Waals surface area contributed by atoms with Crippen LogP contribution in [0.2, 0.25) is 0 Å². The van der Waals surface area contributed by atoms with Crippen molar-refractivity contribution >= 4 is 17.7 Å². The second-order valence-corrected chi connectivity index (χ2v) is 5.98. The smallest absolute Gasteiger partial charge is 0.191 e. The van der Waals surface area contributed by atoms with Crippen LogP contribution in [0.25, 0.3) is 0 Å². The van der Waals surface area contributed by atoms with Gasteiger partial charge in [0.15, 0.2) is 5.96 Å². The van der Waals surface area contributed by atoms with Gasteiger partial charge in [-0.25, -0.2) is 0 Å². The molecule has 0 heterocycles. The van der Waals surface area contributed by atoms with Crippen LogP contribution in [-0.4, -0.2) is 50.1 Å². The molecule has 5 heteroatoms. The van der Waals surface area contributed by atoms with Crippen LogP contribution in [-0.2, 0) is 13.1 Å². The number of thioether (sulfide) groups is 1. The SMILES string of the molecule is CCN(C)Cc1cccc(CNC(=NC)NCCSC)c1. The van der Waals surface area contributed by atoms with Gasteiger partial charge in [0.1, 0.15) is 0 Å². The molecule has 0 saturated heterocycles. The zero-order valence-corrected chi connectivity index (χ0v) is 14.5. The third kappa shape index (κ3) is 7.39. The topological polar surface area (TPSA) is 39.7 Å². The number of hydrogen-bond donors (Lipinski definition) is 2. The maximum atomic E-state index is 4.24. The summed E-state index contributed by atoms with van der Waals surface area (Å²) in [6.07, 6.45) is 2.11. The van der Waals surface area contributed by atoms with Crippen molar-refractivity contribution < 1.29 is 0 Å². The highest BCUT2D eigenvalue weighted by atomic mass is 32.2. The number of guanidine groups is 1. The average Bonchev–Trinajstić information content (AvgIpc) is 2.51. The lowest BCUT2D eigenvalue weighted by molar-refractivity contribution is 0.345. The molecule has 0 fully saturated rings. The molecule has 0 unspecified atom stereocenters. The van der Waals surface area contributed by atoms with Gasteiger partial charge in [-0.05, 0) is 31.0 Å². The van der Waals surface area contributed by atoms with Crippen molar-refractivity contribution in [2.24, 2.45) is 4.99 Å². The highest BCUT2D eigenvalue weighted by molar-refractivity contribution is 7.98. The molecule has 0 spiro atoms. The molecule has 1 aromatic rings. The van der Waals surface area contributed by atoms with Gasteiger partial charge in [-0.3, -0.25) is 4.99 Å². The van der Waals surface area contributed by atoms with Gasteiger partial charge in [-0.15, -0.1) is 0 Å². The fourth-order valence-corrected chi connectivity index (χ4v) is 2.25. The second-order valence-electron chi connectivity index (χ2n) is 5.00. The van der Waals surface area contributed by atoms with E-state index < -0.39 is 0 Å². The van der Waals surface area contributed by atoms with E-state index in [2.05, 4.69) is 65.0 Å². The van der Waals surface area contributed by atoms with E-state index in [1.807, 2.05) is 11.8 Å². The largest absolute Gasteiger partial charge is 0.356 e. The Balaban J connectivity index is 2.48. The predicted molar refractivity (Wildman–Crippen MR) is 95.0 cm³/mol. The van der Waals surface area contributed by atoms with Crippen LogP contribution in [0.4, 0.5) is 0 Å². The Labute approximate surface area is 133 Å². The zero-order valence-electron chi connectivity index (χ0n) is 13.6. The third-order valence-electron chi connectivity index (χ3n) is 3.27. The molecule has 4 nitrogen and oxygen atoms in total. The summed E-state index contributed by atoms with van der Waals surface area (Å²) in [5.41, 5.74) is 2.63. The number of aliphatic imine (C=N–C) groups is 1. The Bertz CT molecular complexity index is 434. The quantitative estimate of drug-likeness (QED) is 0.439. The number of benzene rings is 1. The highest BCUT2D eigenvalue weighted by Crippen LogP contribution is 2.07. The van der Waals surface area contributed by atoms with Crippen molar-refractivity contribution in [3.8, 4) is 0 Å². The summed E-state index contributed by atoms with van der Waals surface area (Å²) in [5, 5.41) is 6.66. The van der Waals surface area contributed by atoms with Crippen LogP contribution < -0.4 is 10.6 Å². The molecule has 0 saturated carbocycles. The Morgan fingerprint density at radius 1 is 1.29 bits per heavy atom. The van der Waals surface area contributed by atoms with Crippen molar-refractivity contribution in [1.82, 2.24) is 15.5 Å². The second kappa shape index (κ2) is 10.5. The lowest BCUT2D eigenvalue weighted by atomic mass is 10.1. The fraction of sp³-hybridized carbons (Fsp3) is 0.562. The molecule has 0 atom stereocenters. The standard InChI is InChI=1S/C16H28N4S/c1-5-20(3)13-15-8-6-7-14(11-15)12-19-16(17-2)18-9-10-21-4/h6-8,11H,5,9-10,12-13H2,1-4H3,(H2,17,18,19). The number of rotatable bonds is 8. The van der Waals surface area contributed by atoms with Gasteiger partial charge in [0.2, 0.25) is 0 Å². The van der Waals surface area contributed by atoms with Crippen LogP contribution in [0.15, 0.2) is 29.3 Å². The molecule has 21 heavy (non-hydrogen) atoms. The van der Waals surface area contributed by atoms with Crippen molar-refractivity contribution in [1.29, 1.82) is 0 Å². The van der Waals surface area contributed by atoms with Crippen LogP contribution in [0.3, 0.4) is 0 Å². The summed E-state index contributed by atoms with van der Waals surface area (Å²) in [6, 6.07) is 8.72. The zero-order chi connectivity index (χ0) is 15.5. The van der Waals surface area contributed by atoms with Gasteiger partial charge in [-0.2, -0.15) is 11.8 Å². The van der Waals surface area contributed by atoms with Crippen molar-refractivity contribution in [2.75, 3.05) is 39.2 Å². The first-order valence-electron chi connectivity index (χ1n) is 7.39. The minimum absolute atomic E-state index is 0.794. The molecule has 1 rings (SSSR count). The number of hydrogen-bond acceptors (Lipinski definition) is 3. The van der Waals surface area contributed by atoms with Crippen LogP contribution in [0, 0.1) is 0 Å². The van der Waals surface area contributed by atoms with Crippen molar-refractivity contribution in [2.45, 2.75) is 20.0 Å². The van der Waals surface area contributed by atoms with Crippen LogP contribution in [0.1, 0.15) is 18.1 Å². The van der Waals surface area contributed by atoms with Gasteiger partial charge < -0.3 is 15.5 Å². The molecule has 0 aliphatic heterocycles. The monoisotopic (exact) mass is 308 g/mol. The molecule has 0 bridgehead atoms. The Morgan fingerprint density at radius 2 is 2.05 bits per heavy atom. The Hall–Kier alpha value is -1.20. The Kier molecular flexibility index (Phi) is 8.94. The molecule has 0 radical (unpaired) electrons. The van der Waals surface area contributed by atoms with Gasteiger partial charge in [-0.1, -0.05) is 31.2 Å². The van der Waals surface area contributed by atoms with E-state index in [0.29, 0.717) is 0 Å². The van der Waals surface area contributed by atoms with Crippen molar-refractivity contribution in [3.05, 3.63) is 35.4 Å². The first-order chi connectivity index (χ1) is 10.2. The normalized spacial score (nSPS) is 11.8.